The lowest BCUT2D eigenvalue weighted by atomic mass is 10.2. The molecule has 31 heavy (non-hydrogen) atoms. The summed E-state index contributed by atoms with van der Waals surface area (Å²) in [4.78, 5) is 18.3. The van der Waals surface area contributed by atoms with E-state index in [1.807, 2.05) is 48.7 Å². The van der Waals surface area contributed by atoms with Crippen LogP contribution in [0.4, 0.5) is 0 Å². The van der Waals surface area contributed by atoms with Crippen molar-refractivity contribution in [2.24, 2.45) is 0 Å². The van der Waals surface area contributed by atoms with E-state index in [2.05, 4.69) is 33.0 Å². The predicted molar refractivity (Wildman–Crippen MR) is 125 cm³/mol. The van der Waals surface area contributed by atoms with Crippen molar-refractivity contribution in [3.8, 4) is 10.7 Å². The molecular weight excluding hydrogens is 426 g/mol. The molecule has 0 saturated carbocycles. The highest BCUT2D eigenvalue weighted by Crippen LogP contribution is 2.29. The maximum atomic E-state index is 12.5. The molecule has 8 heteroatoms. The monoisotopic (exact) mass is 445 g/mol. The molecule has 0 radical (unpaired) electrons. The van der Waals surface area contributed by atoms with Gasteiger partial charge in [-0.05, 0) is 35.6 Å². The standard InChI is InChI=1S/C23H19N5OS2/c1-16-7-5-11-27-20(29)13-18(24-21(16)27)15-31-23-26-25-22(19-10-6-12-30-19)28(23)14-17-8-3-2-4-9-17/h2-13H,14-15H2,1H3. The lowest BCUT2D eigenvalue weighted by Gasteiger charge is -2.10. The molecular formula is C23H19N5OS2. The number of nitrogens with zero attached hydrogens (tertiary/aromatic N) is 5. The van der Waals surface area contributed by atoms with Gasteiger partial charge in [-0.3, -0.25) is 13.8 Å². The summed E-state index contributed by atoms with van der Waals surface area (Å²) in [7, 11) is 0. The van der Waals surface area contributed by atoms with Crippen LogP contribution < -0.4 is 5.56 Å². The molecule has 0 fully saturated rings. The van der Waals surface area contributed by atoms with Crippen LogP contribution >= 0.6 is 23.1 Å². The number of fused-ring (bicyclic) bond motifs is 1. The zero-order chi connectivity index (χ0) is 21.2. The number of aryl methyl sites for hydroxylation is 1. The van der Waals surface area contributed by atoms with Gasteiger partial charge in [0.25, 0.3) is 5.56 Å². The second-order valence-electron chi connectivity index (χ2n) is 7.11. The highest BCUT2D eigenvalue weighted by Gasteiger charge is 2.16. The number of thioether (sulfide) groups is 1. The summed E-state index contributed by atoms with van der Waals surface area (Å²) < 4.78 is 3.71. The summed E-state index contributed by atoms with van der Waals surface area (Å²) in [5.74, 6) is 1.39. The first kappa shape index (κ1) is 19.7. The Kier molecular flexibility index (Phi) is 5.40. The fourth-order valence-corrected chi connectivity index (χ4v) is 4.96. The molecule has 154 valence electrons. The Morgan fingerprint density at radius 1 is 1.03 bits per heavy atom. The minimum atomic E-state index is -0.0747. The summed E-state index contributed by atoms with van der Waals surface area (Å²) >= 11 is 3.19. The average molecular weight is 446 g/mol. The van der Waals surface area contributed by atoms with Gasteiger partial charge in [0, 0.05) is 18.0 Å². The Balaban J connectivity index is 1.47. The van der Waals surface area contributed by atoms with Crippen LogP contribution in [0.2, 0.25) is 0 Å². The molecule has 0 aliphatic rings. The van der Waals surface area contributed by atoms with Crippen LogP contribution in [0.25, 0.3) is 16.3 Å². The summed E-state index contributed by atoms with van der Waals surface area (Å²) in [6, 6.07) is 19.8. The molecule has 0 N–H and O–H groups in total. The van der Waals surface area contributed by atoms with E-state index >= 15 is 0 Å². The fraction of sp³-hybridized carbons (Fsp3) is 0.130. The maximum absolute atomic E-state index is 12.5. The highest BCUT2D eigenvalue weighted by molar-refractivity contribution is 7.98. The molecule has 0 spiro atoms. The van der Waals surface area contributed by atoms with E-state index in [-0.39, 0.29) is 5.56 Å². The first-order valence-corrected chi connectivity index (χ1v) is 11.7. The Labute approximate surface area is 187 Å². The Morgan fingerprint density at radius 2 is 1.90 bits per heavy atom. The van der Waals surface area contributed by atoms with E-state index in [0.29, 0.717) is 17.9 Å². The van der Waals surface area contributed by atoms with Crippen molar-refractivity contribution >= 4 is 28.7 Å². The predicted octanol–water partition coefficient (Wildman–Crippen LogP) is 4.66. The van der Waals surface area contributed by atoms with Crippen LogP contribution in [-0.2, 0) is 12.3 Å². The zero-order valence-corrected chi connectivity index (χ0v) is 18.4. The summed E-state index contributed by atoms with van der Waals surface area (Å²) in [6.07, 6.45) is 1.75. The van der Waals surface area contributed by atoms with Crippen molar-refractivity contribution < 1.29 is 0 Å². The van der Waals surface area contributed by atoms with Crippen LogP contribution in [0.1, 0.15) is 16.8 Å². The molecule has 5 aromatic rings. The third-order valence-electron chi connectivity index (χ3n) is 4.93. The van der Waals surface area contributed by atoms with Crippen LogP contribution in [0.3, 0.4) is 0 Å². The van der Waals surface area contributed by atoms with Crippen LogP contribution in [0.15, 0.2) is 82.2 Å². The molecule has 4 aromatic heterocycles. The number of aromatic nitrogens is 5. The van der Waals surface area contributed by atoms with Crippen molar-refractivity contribution in [2.75, 3.05) is 0 Å². The number of hydrogen-bond acceptors (Lipinski definition) is 6. The van der Waals surface area contributed by atoms with Gasteiger partial charge in [-0.2, -0.15) is 0 Å². The van der Waals surface area contributed by atoms with E-state index in [4.69, 9.17) is 4.98 Å². The van der Waals surface area contributed by atoms with Crippen molar-refractivity contribution in [3.63, 3.8) is 0 Å². The normalized spacial score (nSPS) is 11.3. The molecule has 4 heterocycles. The minimum Gasteiger partial charge on any atom is -0.297 e. The molecule has 6 nitrogen and oxygen atoms in total. The molecule has 0 aliphatic carbocycles. The Hall–Kier alpha value is -3.23. The molecule has 0 atom stereocenters. The van der Waals surface area contributed by atoms with Gasteiger partial charge in [0.15, 0.2) is 11.0 Å². The van der Waals surface area contributed by atoms with E-state index < -0.39 is 0 Å². The van der Waals surface area contributed by atoms with Crippen molar-refractivity contribution in [2.45, 2.75) is 24.4 Å². The summed E-state index contributed by atoms with van der Waals surface area (Å²) in [5.41, 5.74) is 3.50. The molecule has 0 unspecified atom stereocenters. The van der Waals surface area contributed by atoms with Gasteiger partial charge in [0.05, 0.1) is 17.1 Å². The number of rotatable bonds is 6. The van der Waals surface area contributed by atoms with Crippen molar-refractivity contribution in [1.82, 2.24) is 24.1 Å². The Bertz CT molecular complexity index is 1390. The van der Waals surface area contributed by atoms with Crippen LogP contribution in [0, 0.1) is 6.92 Å². The SMILES string of the molecule is Cc1cccn2c(=O)cc(CSc3nnc(-c4cccs4)n3Cc3ccccc3)nc12. The van der Waals surface area contributed by atoms with Gasteiger partial charge in [-0.25, -0.2) is 4.98 Å². The lowest BCUT2D eigenvalue weighted by Crippen LogP contribution is -2.15. The highest BCUT2D eigenvalue weighted by atomic mass is 32.2. The van der Waals surface area contributed by atoms with Crippen LogP contribution in [0.5, 0.6) is 0 Å². The van der Waals surface area contributed by atoms with Crippen molar-refractivity contribution in [1.29, 1.82) is 0 Å². The number of thiophene rings is 1. The topological polar surface area (TPSA) is 65.1 Å². The molecule has 0 aliphatic heterocycles. The average Bonchev–Trinajstić information content (AvgIpc) is 3.44. The van der Waals surface area contributed by atoms with E-state index in [0.717, 1.165) is 27.1 Å². The minimum absolute atomic E-state index is 0.0747. The van der Waals surface area contributed by atoms with Crippen molar-refractivity contribution in [3.05, 3.63) is 99.4 Å². The quantitative estimate of drug-likeness (QED) is 0.356. The second kappa shape index (κ2) is 8.49. The molecule has 0 saturated heterocycles. The second-order valence-corrected chi connectivity index (χ2v) is 9.00. The van der Waals surface area contributed by atoms with Gasteiger partial charge in [0.2, 0.25) is 0 Å². The van der Waals surface area contributed by atoms with Gasteiger partial charge in [-0.15, -0.1) is 21.5 Å². The maximum Gasteiger partial charge on any atom is 0.258 e. The fourth-order valence-electron chi connectivity index (χ4n) is 3.41. The molecule has 0 bridgehead atoms. The Morgan fingerprint density at radius 3 is 2.71 bits per heavy atom. The first-order chi connectivity index (χ1) is 15.2. The smallest absolute Gasteiger partial charge is 0.258 e. The number of hydrogen-bond donors (Lipinski definition) is 0. The largest absolute Gasteiger partial charge is 0.297 e. The number of pyridine rings is 1. The van der Waals surface area contributed by atoms with Gasteiger partial charge >= 0.3 is 0 Å². The van der Waals surface area contributed by atoms with E-state index in [1.165, 1.54) is 5.56 Å². The van der Waals surface area contributed by atoms with Gasteiger partial charge in [0.1, 0.15) is 5.65 Å². The third kappa shape index (κ3) is 4.04. The zero-order valence-electron chi connectivity index (χ0n) is 16.8. The van der Waals surface area contributed by atoms with Gasteiger partial charge in [-0.1, -0.05) is 54.2 Å². The molecule has 0 amide bonds. The van der Waals surface area contributed by atoms with E-state index in [1.54, 1.807) is 39.8 Å². The molecule has 5 rings (SSSR count). The number of benzene rings is 1. The third-order valence-corrected chi connectivity index (χ3v) is 6.80. The van der Waals surface area contributed by atoms with Gasteiger partial charge < -0.3 is 0 Å². The van der Waals surface area contributed by atoms with E-state index in [9.17, 15) is 4.79 Å². The van der Waals surface area contributed by atoms with Crippen LogP contribution in [-0.4, -0.2) is 24.1 Å². The summed E-state index contributed by atoms with van der Waals surface area (Å²) in [5, 5.41) is 11.8. The molecule has 1 aromatic carbocycles. The lowest BCUT2D eigenvalue weighted by molar-refractivity contribution is 0.715. The summed E-state index contributed by atoms with van der Waals surface area (Å²) in [6.45, 7) is 2.64. The first-order valence-electron chi connectivity index (χ1n) is 9.81.